The fourth-order valence-corrected chi connectivity index (χ4v) is 2.67. The number of carbonyl (C=O) groups is 2. The highest BCUT2D eigenvalue weighted by Gasteiger charge is 2.22. The molecule has 0 aliphatic carbocycles. The molecule has 1 aliphatic heterocycles. The number of amides is 1. The molecular formula is C16H13ClN2O4. The lowest BCUT2D eigenvalue weighted by Crippen LogP contribution is -2.03. The van der Waals surface area contributed by atoms with Crippen LogP contribution in [0.15, 0.2) is 30.3 Å². The van der Waals surface area contributed by atoms with Crippen molar-refractivity contribution in [3.05, 3.63) is 46.5 Å². The lowest BCUT2D eigenvalue weighted by atomic mass is 10.1. The lowest BCUT2D eigenvalue weighted by Gasteiger charge is -2.13. The van der Waals surface area contributed by atoms with Crippen LogP contribution in [0.2, 0.25) is 5.02 Å². The maximum absolute atomic E-state index is 11.4. The van der Waals surface area contributed by atoms with E-state index in [0.717, 1.165) is 0 Å². The average molecular weight is 333 g/mol. The minimum absolute atomic E-state index is 0.111. The van der Waals surface area contributed by atoms with E-state index < -0.39 is 5.97 Å². The number of anilines is 2. The van der Waals surface area contributed by atoms with Crippen LogP contribution < -0.4 is 15.8 Å². The molecule has 0 spiro atoms. The Bertz CT molecular complexity index is 820. The van der Waals surface area contributed by atoms with Gasteiger partial charge in [-0.2, -0.15) is 0 Å². The Morgan fingerprint density at radius 1 is 1.30 bits per heavy atom. The molecule has 0 radical (unpaired) electrons. The molecule has 1 heterocycles. The van der Waals surface area contributed by atoms with E-state index in [4.69, 9.17) is 27.2 Å². The number of benzene rings is 2. The van der Waals surface area contributed by atoms with E-state index >= 15 is 0 Å². The molecule has 0 unspecified atom stereocenters. The zero-order valence-electron chi connectivity index (χ0n) is 11.9. The van der Waals surface area contributed by atoms with Gasteiger partial charge >= 0.3 is 5.97 Å². The van der Waals surface area contributed by atoms with Gasteiger partial charge in [-0.05, 0) is 29.8 Å². The van der Waals surface area contributed by atoms with Gasteiger partial charge in [0.2, 0.25) is 5.91 Å². The number of carboxylic acid groups (broad SMARTS) is 1. The number of fused-ring (bicyclic) bond motifs is 1. The largest absolute Gasteiger partial charge is 0.481 e. The molecule has 7 heteroatoms. The minimum atomic E-state index is -0.935. The summed E-state index contributed by atoms with van der Waals surface area (Å²) < 4.78 is 5.72. The maximum atomic E-state index is 11.4. The second-order valence-corrected chi connectivity index (χ2v) is 5.57. The maximum Gasteiger partial charge on any atom is 0.307 e. The Balaban J connectivity index is 1.87. The number of rotatable bonds is 4. The lowest BCUT2D eigenvalue weighted by molar-refractivity contribution is -0.136. The van der Waals surface area contributed by atoms with Crippen LogP contribution >= 0.6 is 11.6 Å². The molecule has 0 fully saturated rings. The average Bonchev–Trinajstić information content (AvgIpc) is 2.85. The highest BCUT2D eigenvalue weighted by molar-refractivity contribution is 6.32. The molecule has 0 saturated carbocycles. The highest BCUT2D eigenvalue weighted by Crippen LogP contribution is 2.39. The molecule has 0 bridgehead atoms. The molecule has 2 aromatic rings. The van der Waals surface area contributed by atoms with Gasteiger partial charge in [-0.15, -0.1) is 0 Å². The molecule has 0 saturated heterocycles. The number of nitrogens with two attached hydrogens (primary N) is 1. The Kier molecular flexibility index (Phi) is 3.83. The number of nitrogen functional groups attached to an aromatic ring is 1. The van der Waals surface area contributed by atoms with Crippen LogP contribution in [0, 0.1) is 0 Å². The first-order valence-corrected chi connectivity index (χ1v) is 7.21. The normalized spacial score (nSPS) is 12.7. The number of halogens is 1. The number of nitrogens with one attached hydrogen (secondary N) is 1. The minimum Gasteiger partial charge on any atom is -0.481 e. The molecular weight excluding hydrogens is 320 g/mol. The van der Waals surface area contributed by atoms with E-state index in [1.54, 1.807) is 30.3 Å². The van der Waals surface area contributed by atoms with E-state index in [1.807, 2.05) is 0 Å². The van der Waals surface area contributed by atoms with Crippen LogP contribution in [0.25, 0.3) is 0 Å². The standard InChI is InChI=1S/C16H13ClN2O4/c17-10-5-8(6-15(21)22)1-3-12(10)23-13-4-2-11-9(16(13)18)7-14(20)19-11/h1-5H,6-7,18H2,(H,19,20)(H,21,22). The summed E-state index contributed by atoms with van der Waals surface area (Å²) in [6.45, 7) is 0. The molecule has 0 atom stereocenters. The molecule has 23 heavy (non-hydrogen) atoms. The van der Waals surface area contributed by atoms with E-state index in [0.29, 0.717) is 34.0 Å². The number of aliphatic carboxylic acids is 1. The monoisotopic (exact) mass is 332 g/mol. The second kappa shape index (κ2) is 5.81. The van der Waals surface area contributed by atoms with Gasteiger partial charge in [0.25, 0.3) is 0 Å². The first kappa shape index (κ1) is 15.2. The Hall–Kier alpha value is -2.73. The summed E-state index contributed by atoms with van der Waals surface area (Å²) in [5.41, 5.74) is 8.39. The van der Waals surface area contributed by atoms with Crippen LogP contribution in [0.5, 0.6) is 11.5 Å². The van der Waals surface area contributed by atoms with Crippen molar-refractivity contribution < 1.29 is 19.4 Å². The summed E-state index contributed by atoms with van der Waals surface area (Å²) >= 11 is 6.13. The third-order valence-corrected chi connectivity index (χ3v) is 3.80. The summed E-state index contributed by atoms with van der Waals surface area (Å²) in [6.07, 6.45) is 0.0956. The molecule has 3 rings (SSSR count). The van der Waals surface area contributed by atoms with Crippen molar-refractivity contribution in [1.82, 2.24) is 0 Å². The van der Waals surface area contributed by atoms with Crippen LogP contribution in [0.1, 0.15) is 11.1 Å². The van der Waals surface area contributed by atoms with E-state index in [2.05, 4.69) is 5.32 Å². The number of hydrogen-bond acceptors (Lipinski definition) is 4. The molecule has 6 nitrogen and oxygen atoms in total. The van der Waals surface area contributed by atoms with Gasteiger partial charge in [-0.25, -0.2) is 0 Å². The summed E-state index contributed by atoms with van der Waals surface area (Å²) in [7, 11) is 0. The van der Waals surface area contributed by atoms with Gasteiger partial charge in [0.1, 0.15) is 5.75 Å². The van der Waals surface area contributed by atoms with Crippen LogP contribution in [0.4, 0.5) is 11.4 Å². The van der Waals surface area contributed by atoms with E-state index in [9.17, 15) is 9.59 Å². The van der Waals surface area contributed by atoms with Crippen LogP contribution in [-0.4, -0.2) is 17.0 Å². The summed E-state index contributed by atoms with van der Waals surface area (Å²) in [5, 5.41) is 11.8. The first-order valence-electron chi connectivity index (χ1n) is 6.83. The van der Waals surface area contributed by atoms with Gasteiger partial charge in [-0.1, -0.05) is 17.7 Å². The fourth-order valence-electron chi connectivity index (χ4n) is 2.42. The number of hydrogen-bond donors (Lipinski definition) is 3. The van der Waals surface area contributed by atoms with Crippen molar-refractivity contribution in [2.45, 2.75) is 12.8 Å². The van der Waals surface area contributed by atoms with Gasteiger partial charge in [0.05, 0.1) is 23.6 Å². The van der Waals surface area contributed by atoms with Crippen molar-refractivity contribution in [3.63, 3.8) is 0 Å². The summed E-state index contributed by atoms with van der Waals surface area (Å²) in [4.78, 5) is 22.1. The Morgan fingerprint density at radius 3 is 2.74 bits per heavy atom. The predicted octanol–water partition coefficient (Wildman–Crippen LogP) is 2.84. The van der Waals surface area contributed by atoms with Crippen LogP contribution in [-0.2, 0) is 22.4 Å². The summed E-state index contributed by atoms with van der Waals surface area (Å²) in [5.74, 6) is -0.285. The van der Waals surface area contributed by atoms with Crippen molar-refractivity contribution in [2.24, 2.45) is 0 Å². The third kappa shape index (κ3) is 3.07. The quantitative estimate of drug-likeness (QED) is 0.747. The molecule has 1 amide bonds. The Labute approximate surface area is 136 Å². The van der Waals surface area contributed by atoms with Crippen LogP contribution in [0.3, 0.4) is 0 Å². The SMILES string of the molecule is Nc1c(Oc2ccc(CC(=O)O)cc2Cl)ccc2c1CC(=O)N2. The van der Waals surface area contributed by atoms with Crippen molar-refractivity contribution in [3.8, 4) is 11.5 Å². The fraction of sp³-hybridized carbons (Fsp3) is 0.125. The van der Waals surface area contributed by atoms with Gasteiger partial charge < -0.3 is 20.9 Å². The first-order chi connectivity index (χ1) is 10.9. The predicted molar refractivity (Wildman–Crippen MR) is 86.1 cm³/mol. The topological polar surface area (TPSA) is 102 Å². The Morgan fingerprint density at radius 2 is 2.04 bits per heavy atom. The van der Waals surface area contributed by atoms with Crippen molar-refractivity contribution in [2.75, 3.05) is 11.1 Å². The molecule has 0 aromatic heterocycles. The molecule has 1 aliphatic rings. The number of carboxylic acids is 1. The van der Waals surface area contributed by atoms with E-state index in [-0.39, 0.29) is 23.8 Å². The smallest absolute Gasteiger partial charge is 0.307 e. The van der Waals surface area contributed by atoms with E-state index in [1.165, 1.54) is 0 Å². The molecule has 2 aromatic carbocycles. The van der Waals surface area contributed by atoms with Crippen molar-refractivity contribution >= 4 is 34.9 Å². The van der Waals surface area contributed by atoms with Gasteiger partial charge in [0.15, 0.2) is 5.75 Å². The van der Waals surface area contributed by atoms with Gasteiger partial charge in [0, 0.05) is 11.3 Å². The zero-order chi connectivity index (χ0) is 16.6. The number of ether oxygens (including phenoxy) is 1. The highest BCUT2D eigenvalue weighted by atomic mass is 35.5. The van der Waals surface area contributed by atoms with Crippen molar-refractivity contribution in [1.29, 1.82) is 0 Å². The summed E-state index contributed by atoms with van der Waals surface area (Å²) in [6, 6.07) is 8.14. The van der Waals surface area contributed by atoms with Gasteiger partial charge in [-0.3, -0.25) is 9.59 Å². The second-order valence-electron chi connectivity index (χ2n) is 5.17. The third-order valence-electron chi connectivity index (χ3n) is 3.50. The molecule has 4 N–H and O–H groups in total. The zero-order valence-corrected chi connectivity index (χ0v) is 12.7. The number of carbonyl (C=O) groups excluding carboxylic acids is 1. The molecule has 118 valence electrons.